The molecule has 3 heteroatoms. The first-order valence-electron chi connectivity index (χ1n) is 7.57. The smallest absolute Gasteiger partial charge is 0.316 e. The summed E-state index contributed by atoms with van der Waals surface area (Å²) in [6.45, 7) is 7.77. The van der Waals surface area contributed by atoms with Gasteiger partial charge in [-0.25, -0.2) is 0 Å². The van der Waals surface area contributed by atoms with Crippen LogP contribution in [-0.4, -0.2) is 18.4 Å². The van der Waals surface area contributed by atoms with Crippen molar-refractivity contribution in [3.8, 4) is 0 Å². The molecule has 0 spiro atoms. The van der Waals surface area contributed by atoms with Crippen LogP contribution in [0.2, 0.25) is 0 Å². The van der Waals surface area contributed by atoms with Crippen LogP contribution < -0.4 is 0 Å². The zero-order chi connectivity index (χ0) is 14.5. The lowest BCUT2D eigenvalue weighted by atomic mass is 9.76. The van der Waals surface area contributed by atoms with Gasteiger partial charge in [0, 0.05) is 5.41 Å². The number of hydrogen-bond acceptors (Lipinski definition) is 3. The van der Waals surface area contributed by atoms with E-state index in [1.807, 2.05) is 20.8 Å². The van der Waals surface area contributed by atoms with Crippen LogP contribution in [0, 0.1) is 17.3 Å². The largest absolute Gasteiger partial charge is 0.465 e. The van der Waals surface area contributed by atoms with Crippen molar-refractivity contribution < 1.29 is 14.3 Å². The Morgan fingerprint density at radius 2 is 1.74 bits per heavy atom. The van der Waals surface area contributed by atoms with E-state index in [2.05, 4.69) is 0 Å². The number of Topliss-reactive ketones (excluding diaryl/α,β-unsaturated/α-hetero) is 1. The van der Waals surface area contributed by atoms with E-state index in [1.165, 1.54) is 19.3 Å². The van der Waals surface area contributed by atoms with Crippen molar-refractivity contribution in [2.75, 3.05) is 6.61 Å². The van der Waals surface area contributed by atoms with E-state index in [0.717, 1.165) is 12.8 Å². The van der Waals surface area contributed by atoms with E-state index in [4.69, 9.17) is 4.74 Å². The van der Waals surface area contributed by atoms with Gasteiger partial charge < -0.3 is 4.74 Å². The van der Waals surface area contributed by atoms with Gasteiger partial charge in [-0.1, -0.05) is 52.9 Å². The molecule has 0 aromatic rings. The average Bonchev–Trinajstić information content (AvgIpc) is 2.35. The van der Waals surface area contributed by atoms with Gasteiger partial charge in [-0.05, 0) is 19.3 Å². The van der Waals surface area contributed by atoms with Crippen molar-refractivity contribution in [2.45, 2.75) is 66.2 Å². The summed E-state index contributed by atoms with van der Waals surface area (Å²) in [7, 11) is 0. The lowest BCUT2D eigenvalue weighted by Gasteiger charge is -2.28. The molecule has 0 aromatic carbocycles. The zero-order valence-electron chi connectivity index (χ0n) is 12.8. The Bertz CT molecular complexity index is 308. The first-order valence-corrected chi connectivity index (χ1v) is 7.57. The molecule has 1 saturated carbocycles. The van der Waals surface area contributed by atoms with Gasteiger partial charge in [0.2, 0.25) is 0 Å². The van der Waals surface area contributed by atoms with E-state index in [9.17, 15) is 9.59 Å². The van der Waals surface area contributed by atoms with Crippen LogP contribution in [0.5, 0.6) is 0 Å². The molecule has 1 unspecified atom stereocenters. The molecule has 0 bridgehead atoms. The molecule has 3 nitrogen and oxygen atoms in total. The number of rotatable bonds is 5. The van der Waals surface area contributed by atoms with E-state index >= 15 is 0 Å². The maximum Gasteiger partial charge on any atom is 0.316 e. The lowest BCUT2D eigenvalue weighted by Crippen LogP contribution is -2.36. The molecule has 0 aliphatic heterocycles. The minimum absolute atomic E-state index is 0.0246. The highest BCUT2D eigenvalue weighted by Crippen LogP contribution is 2.32. The summed E-state index contributed by atoms with van der Waals surface area (Å²) in [5.74, 6) is -0.359. The van der Waals surface area contributed by atoms with Crippen LogP contribution in [0.25, 0.3) is 0 Å². The van der Waals surface area contributed by atoms with Crippen molar-refractivity contribution in [2.24, 2.45) is 17.3 Å². The Kier molecular flexibility index (Phi) is 6.02. The summed E-state index contributed by atoms with van der Waals surface area (Å²) >= 11 is 0. The van der Waals surface area contributed by atoms with Crippen LogP contribution in [0.15, 0.2) is 0 Å². The fourth-order valence-corrected chi connectivity index (χ4v) is 2.83. The Morgan fingerprint density at radius 1 is 1.16 bits per heavy atom. The van der Waals surface area contributed by atoms with E-state index in [-0.39, 0.29) is 11.8 Å². The van der Waals surface area contributed by atoms with Crippen molar-refractivity contribution in [3.05, 3.63) is 0 Å². The highest BCUT2D eigenvalue weighted by atomic mass is 16.5. The van der Waals surface area contributed by atoms with Gasteiger partial charge in [-0.2, -0.15) is 0 Å². The molecule has 1 atom stereocenters. The monoisotopic (exact) mass is 268 g/mol. The van der Waals surface area contributed by atoms with Crippen molar-refractivity contribution in [1.82, 2.24) is 0 Å². The molecular formula is C16H28O3. The van der Waals surface area contributed by atoms with Gasteiger partial charge in [-0.3, -0.25) is 9.59 Å². The molecule has 0 saturated heterocycles. The summed E-state index contributed by atoms with van der Waals surface area (Å²) in [5, 5.41) is 0. The highest BCUT2D eigenvalue weighted by molar-refractivity contribution is 6.01. The quantitative estimate of drug-likeness (QED) is 0.563. The summed E-state index contributed by atoms with van der Waals surface area (Å²) in [4.78, 5) is 24.5. The third kappa shape index (κ3) is 4.96. The van der Waals surface area contributed by atoms with Gasteiger partial charge in [0.15, 0.2) is 5.78 Å². The summed E-state index contributed by atoms with van der Waals surface area (Å²) in [6, 6.07) is 0. The third-order valence-corrected chi connectivity index (χ3v) is 3.92. The minimum atomic E-state index is -0.567. The predicted molar refractivity (Wildman–Crippen MR) is 75.8 cm³/mol. The first-order chi connectivity index (χ1) is 8.86. The van der Waals surface area contributed by atoms with Gasteiger partial charge in [0.05, 0.1) is 6.61 Å². The fraction of sp³-hybridized carbons (Fsp3) is 0.875. The predicted octanol–water partition coefficient (Wildman–Crippen LogP) is 3.75. The summed E-state index contributed by atoms with van der Waals surface area (Å²) < 4.78 is 5.10. The van der Waals surface area contributed by atoms with Gasteiger partial charge >= 0.3 is 5.97 Å². The Morgan fingerprint density at radius 3 is 2.21 bits per heavy atom. The highest BCUT2D eigenvalue weighted by Gasteiger charge is 2.37. The molecule has 19 heavy (non-hydrogen) atoms. The number of carbonyl (C=O) groups excluding carboxylic acids is 2. The van der Waals surface area contributed by atoms with Crippen LogP contribution in [0.1, 0.15) is 66.2 Å². The van der Waals surface area contributed by atoms with Gasteiger partial charge in [0.25, 0.3) is 0 Å². The molecule has 0 aromatic heterocycles. The van der Waals surface area contributed by atoms with Crippen LogP contribution in [0.3, 0.4) is 0 Å². The number of ketones is 1. The molecule has 1 aliphatic rings. The van der Waals surface area contributed by atoms with E-state index in [1.54, 1.807) is 6.92 Å². The second-order valence-corrected chi connectivity index (χ2v) is 6.66. The maximum absolute atomic E-state index is 12.5. The molecular weight excluding hydrogens is 240 g/mol. The zero-order valence-corrected chi connectivity index (χ0v) is 12.8. The molecule has 0 radical (unpaired) electrons. The van der Waals surface area contributed by atoms with E-state index < -0.39 is 11.3 Å². The van der Waals surface area contributed by atoms with Gasteiger partial charge in [-0.15, -0.1) is 0 Å². The summed E-state index contributed by atoms with van der Waals surface area (Å²) in [5.41, 5.74) is -0.480. The lowest BCUT2D eigenvalue weighted by molar-refractivity contribution is -0.154. The number of esters is 1. The standard InChI is InChI=1S/C16H28O3/c1-5-19-15(18)13(14(17)16(2,3)4)11-12-9-7-6-8-10-12/h12-13H,5-11H2,1-4H3. The SMILES string of the molecule is CCOC(=O)C(CC1CCCCC1)C(=O)C(C)(C)C. The second-order valence-electron chi connectivity index (χ2n) is 6.66. The van der Waals surface area contributed by atoms with E-state index in [0.29, 0.717) is 18.9 Å². The topological polar surface area (TPSA) is 43.4 Å². The van der Waals surface area contributed by atoms with Crippen molar-refractivity contribution in [3.63, 3.8) is 0 Å². The first kappa shape index (κ1) is 16.2. The molecule has 0 heterocycles. The van der Waals surface area contributed by atoms with Gasteiger partial charge in [0.1, 0.15) is 5.92 Å². The normalized spacial score (nSPS) is 18.9. The fourth-order valence-electron chi connectivity index (χ4n) is 2.83. The van der Waals surface area contributed by atoms with Crippen molar-refractivity contribution >= 4 is 11.8 Å². The molecule has 110 valence electrons. The molecule has 1 fully saturated rings. The minimum Gasteiger partial charge on any atom is -0.465 e. The van der Waals surface area contributed by atoms with Crippen LogP contribution in [-0.2, 0) is 14.3 Å². The maximum atomic E-state index is 12.5. The Hall–Kier alpha value is -0.860. The Balaban J connectivity index is 2.73. The number of carbonyl (C=O) groups is 2. The second kappa shape index (κ2) is 7.06. The number of ether oxygens (including phenoxy) is 1. The molecule has 0 amide bonds. The van der Waals surface area contributed by atoms with Crippen LogP contribution >= 0.6 is 0 Å². The molecule has 0 N–H and O–H groups in total. The average molecular weight is 268 g/mol. The molecule has 1 rings (SSSR count). The van der Waals surface area contributed by atoms with Crippen LogP contribution in [0.4, 0.5) is 0 Å². The number of hydrogen-bond donors (Lipinski definition) is 0. The third-order valence-electron chi connectivity index (χ3n) is 3.92. The Labute approximate surface area is 117 Å². The van der Waals surface area contributed by atoms with Crippen molar-refractivity contribution in [1.29, 1.82) is 0 Å². The summed E-state index contributed by atoms with van der Waals surface area (Å²) in [6.07, 6.45) is 6.71. The molecule has 1 aliphatic carbocycles.